The largest absolute Gasteiger partial charge is 0.416 e. The van der Waals surface area contributed by atoms with Crippen molar-refractivity contribution in [1.82, 2.24) is 9.88 Å². The first kappa shape index (κ1) is 23.4. The van der Waals surface area contributed by atoms with E-state index in [1.807, 2.05) is 0 Å². The van der Waals surface area contributed by atoms with Crippen molar-refractivity contribution in [1.29, 1.82) is 0 Å². The van der Waals surface area contributed by atoms with Crippen molar-refractivity contribution >= 4 is 11.4 Å². The number of unbranched alkanes of at least 4 members (excludes halogenated alkanes) is 1. The lowest BCUT2D eigenvalue weighted by molar-refractivity contribution is -0.0884. The first-order valence-corrected chi connectivity index (χ1v) is 9.42. The number of nitrogens with one attached hydrogen (secondary N) is 1. The highest BCUT2D eigenvalue weighted by atomic mass is 19.4. The molecule has 0 aliphatic carbocycles. The Kier molecular flexibility index (Phi) is 7.97. The van der Waals surface area contributed by atoms with Crippen molar-refractivity contribution in [3.63, 3.8) is 0 Å². The predicted molar refractivity (Wildman–Crippen MR) is 109 cm³/mol. The molecule has 1 aromatic carbocycles. The maximum atomic E-state index is 14.8. The monoisotopic (exact) mass is 425 g/mol. The number of hydrogen-bond donors (Lipinski definition) is 1. The molecule has 1 N–H and O–H groups in total. The van der Waals surface area contributed by atoms with Gasteiger partial charge in [-0.05, 0) is 36.8 Å². The standard InChI is InChI=1S/C22H24F5N3/c1-4-5-6-16(22(25,26)27)11-21(30(2)3)18-8-7-17(12-19(18)23)29-13-15-9-10-28-14-20(15)24/h6-12,14,29H,4-5,13H2,1-3H3. The van der Waals surface area contributed by atoms with E-state index in [-0.39, 0.29) is 24.2 Å². The zero-order valence-electron chi connectivity index (χ0n) is 17.0. The third-order valence-corrected chi connectivity index (χ3v) is 4.34. The molecule has 0 saturated heterocycles. The van der Waals surface area contributed by atoms with E-state index in [1.165, 1.54) is 35.4 Å². The summed E-state index contributed by atoms with van der Waals surface area (Å²) in [6.07, 6.45) is 0.888. The summed E-state index contributed by atoms with van der Waals surface area (Å²) in [5.41, 5.74) is 0.0522. The molecular formula is C22H24F5N3. The van der Waals surface area contributed by atoms with Crippen LogP contribution in [0.3, 0.4) is 0 Å². The van der Waals surface area contributed by atoms with Crippen LogP contribution in [0.5, 0.6) is 0 Å². The van der Waals surface area contributed by atoms with E-state index < -0.39 is 23.4 Å². The number of nitrogens with zero attached hydrogens (tertiary/aromatic N) is 2. The molecular weight excluding hydrogens is 401 g/mol. The lowest BCUT2D eigenvalue weighted by Crippen LogP contribution is -2.16. The number of alkyl halides is 3. The number of aromatic nitrogens is 1. The average Bonchev–Trinajstić information content (AvgIpc) is 2.67. The highest BCUT2D eigenvalue weighted by Crippen LogP contribution is 2.32. The van der Waals surface area contributed by atoms with Gasteiger partial charge in [-0.25, -0.2) is 8.78 Å². The fourth-order valence-electron chi connectivity index (χ4n) is 2.73. The second-order valence-corrected chi connectivity index (χ2v) is 6.89. The van der Waals surface area contributed by atoms with Gasteiger partial charge in [0, 0.05) is 49.3 Å². The van der Waals surface area contributed by atoms with Crippen LogP contribution in [0.4, 0.5) is 27.6 Å². The van der Waals surface area contributed by atoms with Gasteiger partial charge >= 0.3 is 6.18 Å². The van der Waals surface area contributed by atoms with E-state index >= 15 is 0 Å². The Labute approximate surface area is 172 Å². The number of anilines is 1. The van der Waals surface area contributed by atoms with E-state index in [0.29, 0.717) is 17.7 Å². The van der Waals surface area contributed by atoms with Crippen LogP contribution >= 0.6 is 0 Å². The lowest BCUT2D eigenvalue weighted by atomic mass is 10.1. The quantitative estimate of drug-likeness (QED) is 0.405. The Bertz CT molecular complexity index is 917. The predicted octanol–water partition coefficient (Wildman–Crippen LogP) is 6.16. The molecule has 0 saturated carbocycles. The Balaban J connectivity index is 2.32. The van der Waals surface area contributed by atoms with Crippen LogP contribution in [-0.2, 0) is 6.54 Å². The molecule has 0 unspecified atom stereocenters. The Morgan fingerprint density at radius 1 is 1.13 bits per heavy atom. The van der Waals surface area contributed by atoms with E-state index in [1.54, 1.807) is 21.0 Å². The Hall–Kier alpha value is -2.90. The van der Waals surface area contributed by atoms with Crippen molar-refractivity contribution in [2.24, 2.45) is 0 Å². The molecule has 0 amide bonds. The fraction of sp³-hybridized carbons (Fsp3) is 0.318. The first-order valence-electron chi connectivity index (χ1n) is 9.42. The molecule has 8 heteroatoms. The maximum Gasteiger partial charge on any atom is 0.416 e. The van der Waals surface area contributed by atoms with Gasteiger partial charge in [0.05, 0.1) is 11.8 Å². The third kappa shape index (κ3) is 6.30. The highest BCUT2D eigenvalue weighted by Gasteiger charge is 2.32. The summed E-state index contributed by atoms with van der Waals surface area (Å²) >= 11 is 0. The average molecular weight is 425 g/mol. The second-order valence-electron chi connectivity index (χ2n) is 6.89. The van der Waals surface area contributed by atoms with Crippen LogP contribution < -0.4 is 5.32 Å². The minimum atomic E-state index is -4.54. The summed E-state index contributed by atoms with van der Waals surface area (Å²) in [4.78, 5) is 5.10. The number of benzene rings is 1. The van der Waals surface area contributed by atoms with Gasteiger partial charge in [-0.15, -0.1) is 0 Å². The lowest BCUT2D eigenvalue weighted by Gasteiger charge is -2.20. The van der Waals surface area contributed by atoms with Crippen LogP contribution in [0, 0.1) is 11.6 Å². The zero-order valence-corrected chi connectivity index (χ0v) is 17.0. The number of pyridine rings is 1. The summed E-state index contributed by atoms with van der Waals surface area (Å²) in [7, 11) is 3.11. The number of halogens is 5. The van der Waals surface area contributed by atoms with Crippen LogP contribution in [0.15, 0.2) is 54.4 Å². The van der Waals surface area contributed by atoms with Gasteiger partial charge in [0.25, 0.3) is 0 Å². The fourth-order valence-corrected chi connectivity index (χ4v) is 2.73. The number of hydrogen-bond acceptors (Lipinski definition) is 3. The van der Waals surface area contributed by atoms with Gasteiger partial charge in [0.2, 0.25) is 0 Å². The van der Waals surface area contributed by atoms with Crippen molar-refractivity contribution in [2.45, 2.75) is 32.5 Å². The summed E-state index contributed by atoms with van der Waals surface area (Å²) < 4.78 is 68.5. The van der Waals surface area contributed by atoms with Gasteiger partial charge in [0.15, 0.2) is 0 Å². The van der Waals surface area contributed by atoms with Gasteiger partial charge in [-0.1, -0.05) is 19.4 Å². The molecule has 0 fully saturated rings. The van der Waals surface area contributed by atoms with E-state index in [9.17, 15) is 22.0 Å². The number of rotatable bonds is 8. The van der Waals surface area contributed by atoms with Gasteiger partial charge in [-0.3, -0.25) is 4.98 Å². The van der Waals surface area contributed by atoms with Crippen molar-refractivity contribution in [3.05, 3.63) is 77.1 Å². The Morgan fingerprint density at radius 2 is 1.87 bits per heavy atom. The van der Waals surface area contributed by atoms with Crippen LogP contribution in [0.1, 0.15) is 30.9 Å². The molecule has 0 bridgehead atoms. The summed E-state index contributed by atoms with van der Waals surface area (Å²) in [5.74, 6) is -1.18. The molecule has 1 heterocycles. The molecule has 2 rings (SSSR count). The van der Waals surface area contributed by atoms with Gasteiger partial charge in [0.1, 0.15) is 11.6 Å². The molecule has 1 aromatic heterocycles. The molecule has 0 spiro atoms. The molecule has 0 atom stereocenters. The summed E-state index contributed by atoms with van der Waals surface area (Å²) in [6, 6.07) is 5.62. The van der Waals surface area contributed by atoms with Crippen molar-refractivity contribution in [3.8, 4) is 0 Å². The van der Waals surface area contributed by atoms with Crippen LogP contribution in [0.2, 0.25) is 0 Å². The zero-order chi connectivity index (χ0) is 22.3. The normalized spacial score (nSPS) is 12.8. The molecule has 0 aliphatic heterocycles. The van der Waals surface area contributed by atoms with Gasteiger partial charge < -0.3 is 10.2 Å². The van der Waals surface area contributed by atoms with Crippen LogP contribution in [-0.4, -0.2) is 30.2 Å². The molecule has 0 radical (unpaired) electrons. The SMILES string of the molecule is CCCC=C(C=C(c1ccc(NCc2ccncc2F)cc1F)N(C)C)C(F)(F)F. The smallest absolute Gasteiger partial charge is 0.381 e. The molecule has 162 valence electrons. The van der Waals surface area contributed by atoms with E-state index in [0.717, 1.165) is 18.3 Å². The molecule has 2 aromatic rings. The minimum absolute atomic E-state index is 0.0345. The van der Waals surface area contributed by atoms with E-state index in [4.69, 9.17) is 0 Å². The Morgan fingerprint density at radius 3 is 2.43 bits per heavy atom. The van der Waals surface area contributed by atoms with Gasteiger partial charge in [-0.2, -0.15) is 13.2 Å². The molecule has 0 aliphatic rings. The van der Waals surface area contributed by atoms with E-state index in [2.05, 4.69) is 10.3 Å². The van der Waals surface area contributed by atoms with Crippen molar-refractivity contribution < 1.29 is 22.0 Å². The molecule has 3 nitrogen and oxygen atoms in total. The number of allylic oxidation sites excluding steroid dienone is 3. The topological polar surface area (TPSA) is 28.2 Å². The summed E-state index contributed by atoms with van der Waals surface area (Å²) in [5, 5.41) is 2.90. The summed E-state index contributed by atoms with van der Waals surface area (Å²) in [6.45, 7) is 1.89. The van der Waals surface area contributed by atoms with Crippen LogP contribution in [0.25, 0.3) is 5.70 Å². The van der Waals surface area contributed by atoms with Crippen molar-refractivity contribution in [2.75, 3.05) is 19.4 Å². The maximum absolute atomic E-state index is 14.8. The minimum Gasteiger partial charge on any atom is -0.381 e. The second kappa shape index (κ2) is 10.2. The first-order chi connectivity index (χ1) is 14.1. The third-order valence-electron chi connectivity index (χ3n) is 4.34. The highest BCUT2D eigenvalue weighted by molar-refractivity contribution is 5.69. The molecule has 30 heavy (non-hydrogen) atoms.